The Morgan fingerprint density at radius 2 is 2.24 bits per heavy atom. The van der Waals surface area contributed by atoms with Gasteiger partial charge in [-0.15, -0.1) is 6.07 Å². The molecule has 0 N–H and O–H groups in total. The maximum atomic E-state index is 11.8. The van der Waals surface area contributed by atoms with Crippen LogP contribution in [0.25, 0.3) is 11.3 Å². The minimum atomic E-state index is -0.280. The third-order valence-corrected chi connectivity index (χ3v) is 3.61. The molecule has 2 rings (SSSR count). The second-order valence-electron chi connectivity index (χ2n) is 3.94. The molecule has 0 aliphatic heterocycles. The molecule has 1 radical (unpaired) electrons. The second-order valence-corrected chi connectivity index (χ2v) is 5.20. The van der Waals surface area contributed by atoms with Gasteiger partial charge < -0.3 is 9.30 Å². The van der Waals surface area contributed by atoms with E-state index in [4.69, 9.17) is 21.6 Å². The minimum Gasteiger partial charge on any atom is -0.479 e. The van der Waals surface area contributed by atoms with Crippen molar-refractivity contribution in [3.63, 3.8) is 0 Å². The molecule has 4 nitrogen and oxygen atoms in total. The van der Waals surface area contributed by atoms with Crippen molar-refractivity contribution in [3.8, 4) is 23.1 Å². The Kier molecular flexibility index (Phi) is 7.09. The predicted molar refractivity (Wildman–Crippen MR) is 79.8 cm³/mol. The van der Waals surface area contributed by atoms with Gasteiger partial charge in [-0.25, -0.2) is 0 Å². The third kappa shape index (κ3) is 4.17. The van der Waals surface area contributed by atoms with Crippen LogP contribution in [0.2, 0.25) is 5.02 Å². The number of hydrogen-bond donors (Lipinski definition) is 0. The van der Waals surface area contributed by atoms with E-state index >= 15 is 0 Å². The van der Waals surface area contributed by atoms with Crippen molar-refractivity contribution in [2.24, 2.45) is 7.05 Å². The van der Waals surface area contributed by atoms with E-state index in [1.165, 1.54) is 10.6 Å². The summed E-state index contributed by atoms with van der Waals surface area (Å²) >= 11 is 9.19. The quantitative estimate of drug-likeness (QED) is 0.688. The van der Waals surface area contributed by atoms with Crippen LogP contribution in [0.4, 0.5) is 0 Å². The maximum absolute atomic E-state index is 11.8. The van der Waals surface area contributed by atoms with E-state index in [1.807, 2.05) is 6.07 Å². The monoisotopic (exact) mass is 440 g/mol. The number of benzene rings is 1. The van der Waals surface area contributed by atoms with E-state index in [2.05, 4.69) is 22.0 Å². The van der Waals surface area contributed by atoms with Crippen molar-refractivity contribution >= 4 is 27.5 Å². The van der Waals surface area contributed by atoms with E-state index in [1.54, 1.807) is 25.2 Å². The molecule has 0 unspecified atom stereocenters. The summed E-state index contributed by atoms with van der Waals surface area (Å²) in [5, 5.41) is 8.61. The first-order chi connectivity index (χ1) is 9.54. The smallest absolute Gasteiger partial charge is 0.212 e. The van der Waals surface area contributed by atoms with Crippen LogP contribution < -0.4 is 10.3 Å². The number of nitrogens with zero attached hydrogens (tertiary/aromatic N) is 2. The molecule has 0 spiro atoms. The Balaban J connectivity index is 0.00000220. The first kappa shape index (κ1) is 18.4. The Labute approximate surface area is 160 Å². The van der Waals surface area contributed by atoms with Crippen molar-refractivity contribution < 1.29 is 37.4 Å². The summed E-state index contributed by atoms with van der Waals surface area (Å²) in [6.07, 6.45) is 0. The van der Waals surface area contributed by atoms with Gasteiger partial charge in [0.15, 0.2) is 6.61 Å². The molecular formula is C14H9BrClN2O2Y-. The van der Waals surface area contributed by atoms with Crippen molar-refractivity contribution in [3.05, 3.63) is 50.2 Å². The zero-order chi connectivity index (χ0) is 14.7. The fourth-order valence-corrected chi connectivity index (χ4v) is 2.43. The SMILES string of the molecule is Cn1c(-c2ccc(OCC#N)cc2Br)[c-]cc(Cl)c1=O.[Y]. The number of aromatic nitrogens is 1. The number of nitriles is 1. The van der Waals surface area contributed by atoms with Crippen molar-refractivity contribution in [2.75, 3.05) is 6.61 Å². The molecule has 0 atom stereocenters. The van der Waals surface area contributed by atoms with Crippen LogP contribution in [0.3, 0.4) is 0 Å². The van der Waals surface area contributed by atoms with Gasteiger partial charge in [0.25, 0.3) is 0 Å². The Morgan fingerprint density at radius 3 is 2.86 bits per heavy atom. The standard InChI is InChI=1S/C14H9BrClN2O2.Y/c1-18-13(5-4-12(16)14(18)19)10-3-2-9(8-11(10)15)20-7-6-17;/h2-4,8H,7H2,1H3;/q-1;. The number of ether oxygens (including phenoxy) is 1. The summed E-state index contributed by atoms with van der Waals surface area (Å²) in [5.41, 5.74) is 1.11. The molecule has 0 saturated carbocycles. The molecule has 21 heavy (non-hydrogen) atoms. The van der Waals surface area contributed by atoms with Crippen LogP contribution in [-0.2, 0) is 39.8 Å². The van der Waals surface area contributed by atoms with Gasteiger partial charge in [-0.1, -0.05) is 27.2 Å². The largest absolute Gasteiger partial charge is 0.479 e. The second kappa shape index (κ2) is 8.09. The molecule has 2 aromatic rings. The summed E-state index contributed by atoms with van der Waals surface area (Å²) < 4.78 is 7.38. The molecule has 7 heteroatoms. The first-order valence-corrected chi connectivity index (χ1v) is 6.78. The molecule has 1 aromatic carbocycles. The van der Waals surface area contributed by atoms with Gasteiger partial charge in [0.1, 0.15) is 11.8 Å². The number of hydrogen-bond acceptors (Lipinski definition) is 3. The zero-order valence-electron chi connectivity index (χ0n) is 11.1. The number of halogens is 2. The van der Waals surface area contributed by atoms with Crippen LogP contribution in [0.1, 0.15) is 0 Å². The van der Waals surface area contributed by atoms with E-state index < -0.39 is 0 Å². The van der Waals surface area contributed by atoms with Gasteiger partial charge in [0, 0.05) is 44.8 Å². The molecule has 0 saturated heterocycles. The van der Waals surface area contributed by atoms with Gasteiger partial charge in [0.05, 0.1) is 0 Å². The maximum Gasteiger partial charge on any atom is 0.212 e. The summed E-state index contributed by atoms with van der Waals surface area (Å²) in [7, 11) is 1.63. The minimum absolute atomic E-state index is 0. The average molecular weight is 442 g/mol. The number of rotatable bonds is 3. The molecule has 0 bridgehead atoms. The Morgan fingerprint density at radius 1 is 1.52 bits per heavy atom. The summed E-state index contributed by atoms with van der Waals surface area (Å²) in [5.74, 6) is 0.570. The Bertz CT molecular complexity index is 756. The number of pyridine rings is 1. The van der Waals surface area contributed by atoms with Crippen LogP contribution in [0, 0.1) is 17.4 Å². The van der Waals surface area contributed by atoms with Gasteiger partial charge >= 0.3 is 0 Å². The molecule has 0 amide bonds. The van der Waals surface area contributed by atoms with Gasteiger partial charge in [-0.3, -0.25) is 4.79 Å². The molecular weight excluding hydrogens is 432 g/mol. The fourth-order valence-electron chi connectivity index (χ4n) is 1.70. The van der Waals surface area contributed by atoms with Crippen molar-refractivity contribution in [1.82, 2.24) is 4.57 Å². The molecule has 0 fully saturated rings. The van der Waals surface area contributed by atoms with E-state index in [9.17, 15) is 4.79 Å². The van der Waals surface area contributed by atoms with E-state index in [0.29, 0.717) is 11.4 Å². The van der Waals surface area contributed by atoms with Crippen LogP contribution in [0.15, 0.2) is 33.5 Å². The fraction of sp³-hybridized carbons (Fsp3) is 0.143. The summed E-state index contributed by atoms with van der Waals surface area (Å²) in [4.78, 5) is 11.8. The molecule has 1 heterocycles. The van der Waals surface area contributed by atoms with Gasteiger partial charge in [-0.05, 0) is 16.6 Å². The summed E-state index contributed by atoms with van der Waals surface area (Å²) in [6.45, 7) is -0.0165. The van der Waals surface area contributed by atoms with E-state index in [0.717, 1.165) is 10.0 Å². The van der Waals surface area contributed by atoms with Crippen LogP contribution in [-0.4, -0.2) is 11.2 Å². The topological polar surface area (TPSA) is 55.0 Å². The molecule has 0 aliphatic rings. The van der Waals surface area contributed by atoms with Crippen LogP contribution in [0.5, 0.6) is 5.75 Å². The van der Waals surface area contributed by atoms with Gasteiger partial charge in [0.2, 0.25) is 5.56 Å². The van der Waals surface area contributed by atoms with E-state index in [-0.39, 0.29) is 49.9 Å². The molecule has 105 valence electrons. The predicted octanol–water partition coefficient (Wildman–Crippen LogP) is 3.17. The first-order valence-electron chi connectivity index (χ1n) is 5.61. The zero-order valence-corrected chi connectivity index (χ0v) is 16.2. The average Bonchev–Trinajstić information content (AvgIpc) is 2.44. The van der Waals surface area contributed by atoms with Crippen LogP contribution >= 0.6 is 27.5 Å². The molecule has 1 aromatic heterocycles. The summed E-state index contributed by atoms with van der Waals surface area (Å²) in [6, 6.07) is 11.6. The Hall–Kier alpha value is -0.666. The van der Waals surface area contributed by atoms with Crippen molar-refractivity contribution in [1.29, 1.82) is 5.26 Å². The normalized spacial score (nSPS) is 9.62. The van der Waals surface area contributed by atoms with Gasteiger partial charge in [-0.2, -0.15) is 29.0 Å². The van der Waals surface area contributed by atoms with Crippen molar-refractivity contribution in [2.45, 2.75) is 0 Å². The molecule has 0 aliphatic carbocycles. The third-order valence-electron chi connectivity index (χ3n) is 2.68.